The second kappa shape index (κ2) is 6.30. The molecule has 0 unspecified atom stereocenters. The van der Waals surface area contributed by atoms with Gasteiger partial charge < -0.3 is 5.32 Å². The molecule has 0 radical (unpaired) electrons. The maximum Gasteiger partial charge on any atom is 0.434 e. The van der Waals surface area contributed by atoms with Gasteiger partial charge in [0.05, 0.1) is 0 Å². The number of fused-ring (bicyclic) bond motifs is 1. The van der Waals surface area contributed by atoms with Gasteiger partial charge in [0.2, 0.25) is 0 Å². The Hall–Kier alpha value is -2.02. The second-order valence-corrected chi connectivity index (χ2v) is 7.67. The van der Waals surface area contributed by atoms with Gasteiger partial charge in [0, 0.05) is 22.6 Å². The third-order valence-electron chi connectivity index (χ3n) is 5.16. The number of nitrogens with zero attached hydrogens (tertiary/aromatic N) is 2. The Bertz CT molecular complexity index is 927. The molecule has 2 aromatic heterocycles. The van der Waals surface area contributed by atoms with Crippen LogP contribution in [0.25, 0.3) is 5.65 Å². The summed E-state index contributed by atoms with van der Waals surface area (Å²) in [4.78, 5) is 3.68. The molecule has 1 aromatic carbocycles. The number of nitrogens with one attached hydrogen (secondary N) is 1. The number of halogens is 4. The molecular formula is C19H17BrF3N3. The number of hydrogen-bond donors (Lipinski definition) is 1. The van der Waals surface area contributed by atoms with E-state index < -0.39 is 11.9 Å². The molecular weight excluding hydrogens is 407 g/mol. The average Bonchev–Trinajstić information content (AvgIpc) is 3.00. The number of benzene rings is 1. The van der Waals surface area contributed by atoms with Crippen LogP contribution in [0.1, 0.15) is 30.5 Å². The van der Waals surface area contributed by atoms with Crippen molar-refractivity contribution in [3.63, 3.8) is 0 Å². The fourth-order valence-corrected chi connectivity index (χ4v) is 3.79. The summed E-state index contributed by atoms with van der Waals surface area (Å²) in [5.41, 5.74) is 0.691. The minimum Gasteiger partial charge on any atom is -0.370 e. The summed E-state index contributed by atoms with van der Waals surface area (Å²) in [7, 11) is 0. The van der Waals surface area contributed by atoms with Crippen molar-refractivity contribution in [3.05, 3.63) is 64.4 Å². The molecule has 0 amide bonds. The van der Waals surface area contributed by atoms with E-state index in [1.54, 1.807) is 18.2 Å². The Kier molecular flexibility index (Phi) is 4.22. The van der Waals surface area contributed by atoms with Gasteiger partial charge >= 0.3 is 6.18 Å². The number of pyridine rings is 1. The Morgan fingerprint density at radius 1 is 1.12 bits per heavy atom. The molecule has 0 atom stereocenters. The predicted octanol–water partition coefficient (Wildman–Crippen LogP) is 5.65. The summed E-state index contributed by atoms with van der Waals surface area (Å²) in [5, 5.41) is 3.35. The van der Waals surface area contributed by atoms with Crippen molar-refractivity contribution < 1.29 is 13.2 Å². The third kappa shape index (κ3) is 3.09. The number of anilines is 1. The SMILES string of the molecule is FC(F)(F)c1cn2c(NCC3(c4ccc(Br)cc4)CCC3)cccc2n1. The first kappa shape index (κ1) is 17.4. The standard InChI is InChI=1S/C19H17BrF3N3/c20-14-7-5-13(6-8-14)18(9-2-10-18)12-24-16-3-1-4-17-25-15(11-26(16)17)19(21,22)23/h1,3-8,11,24H,2,9-10,12H2. The largest absolute Gasteiger partial charge is 0.434 e. The maximum absolute atomic E-state index is 13.0. The Morgan fingerprint density at radius 2 is 1.85 bits per heavy atom. The molecule has 0 bridgehead atoms. The number of alkyl halides is 3. The number of rotatable bonds is 4. The zero-order chi connectivity index (χ0) is 18.4. The van der Waals surface area contributed by atoms with Crippen LogP contribution in [-0.4, -0.2) is 15.9 Å². The van der Waals surface area contributed by atoms with E-state index in [9.17, 15) is 13.2 Å². The monoisotopic (exact) mass is 423 g/mol. The summed E-state index contributed by atoms with van der Waals surface area (Å²) in [6.07, 6.45) is -0.115. The van der Waals surface area contributed by atoms with E-state index in [1.807, 2.05) is 12.1 Å². The first-order valence-corrected chi connectivity index (χ1v) is 9.22. The smallest absolute Gasteiger partial charge is 0.370 e. The van der Waals surface area contributed by atoms with E-state index in [1.165, 1.54) is 9.96 Å². The molecule has 0 spiro atoms. The van der Waals surface area contributed by atoms with Gasteiger partial charge in [-0.3, -0.25) is 4.40 Å². The molecule has 1 aliphatic carbocycles. The van der Waals surface area contributed by atoms with Gasteiger partial charge in [0.1, 0.15) is 11.5 Å². The molecule has 3 aromatic rings. The highest BCUT2D eigenvalue weighted by molar-refractivity contribution is 9.10. The molecule has 4 rings (SSSR count). The highest BCUT2D eigenvalue weighted by atomic mass is 79.9. The Labute approximate surface area is 157 Å². The van der Waals surface area contributed by atoms with Crippen LogP contribution in [0, 0.1) is 0 Å². The molecule has 136 valence electrons. The van der Waals surface area contributed by atoms with Gasteiger partial charge in [-0.2, -0.15) is 13.2 Å². The van der Waals surface area contributed by atoms with E-state index in [-0.39, 0.29) is 11.1 Å². The van der Waals surface area contributed by atoms with Crippen molar-refractivity contribution in [1.82, 2.24) is 9.38 Å². The quantitative estimate of drug-likeness (QED) is 0.587. The van der Waals surface area contributed by atoms with Gasteiger partial charge in [-0.1, -0.05) is 40.5 Å². The van der Waals surface area contributed by atoms with Crippen molar-refractivity contribution in [1.29, 1.82) is 0 Å². The summed E-state index contributed by atoms with van der Waals surface area (Å²) in [5.74, 6) is 0.619. The van der Waals surface area contributed by atoms with Gasteiger partial charge in [0.25, 0.3) is 0 Å². The van der Waals surface area contributed by atoms with Crippen molar-refractivity contribution in [2.45, 2.75) is 30.9 Å². The molecule has 1 N–H and O–H groups in total. The molecule has 0 aliphatic heterocycles. The number of hydrogen-bond acceptors (Lipinski definition) is 2. The second-order valence-electron chi connectivity index (χ2n) is 6.76. The summed E-state index contributed by atoms with van der Waals surface area (Å²) in [6, 6.07) is 13.4. The van der Waals surface area contributed by atoms with Crippen LogP contribution in [0.3, 0.4) is 0 Å². The topological polar surface area (TPSA) is 29.3 Å². The summed E-state index contributed by atoms with van der Waals surface area (Å²) in [6.45, 7) is 0.674. The molecule has 2 heterocycles. The highest BCUT2D eigenvalue weighted by Gasteiger charge is 2.38. The van der Waals surface area contributed by atoms with Gasteiger partial charge in [-0.05, 0) is 42.7 Å². The van der Waals surface area contributed by atoms with Crippen LogP contribution < -0.4 is 5.32 Å². The van der Waals surface area contributed by atoms with Gasteiger partial charge in [-0.25, -0.2) is 4.98 Å². The molecule has 0 saturated heterocycles. The van der Waals surface area contributed by atoms with Crippen LogP contribution in [0.4, 0.5) is 19.0 Å². The zero-order valence-electron chi connectivity index (χ0n) is 13.9. The molecule has 7 heteroatoms. The Morgan fingerprint density at radius 3 is 2.46 bits per heavy atom. The molecule has 26 heavy (non-hydrogen) atoms. The van der Waals surface area contributed by atoms with E-state index in [0.717, 1.165) is 29.9 Å². The lowest BCUT2D eigenvalue weighted by molar-refractivity contribution is -0.140. The minimum absolute atomic E-state index is 0.0241. The van der Waals surface area contributed by atoms with E-state index in [2.05, 4.69) is 38.4 Å². The number of imidazole rings is 1. The maximum atomic E-state index is 13.0. The van der Waals surface area contributed by atoms with Crippen LogP contribution in [0.5, 0.6) is 0 Å². The molecule has 1 aliphatic rings. The van der Waals surface area contributed by atoms with Gasteiger partial charge in [0.15, 0.2) is 5.69 Å². The van der Waals surface area contributed by atoms with Crippen molar-refractivity contribution in [2.24, 2.45) is 0 Å². The van der Waals surface area contributed by atoms with E-state index >= 15 is 0 Å². The molecule has 3 nitrogen and oxygen atoms in total. The zero-order valence-corrected chi connectivity index (χ0v) is 15.4. The lowest BCUT2D eigenvalue weighted by atomic mass is 9.64. The van der Waals surface area contributed by atoms with Crippen molar-refractivity contribution >= 4 is 27.4 Å². The first-order valence-electron chi connectivity index (χ1n) is 8.43. The minimum atomic E-state index is -4.45. The van der Waals surface area contributed by atoms with Crippen LogP contribution in [0.15, 0.2) is 53.1 Å². The van der Waals surface area contributed by atoms with Crippen LogP contribution in [0.2, 0.25) is 0 Å². The normalized spacial score (nSPS) is 16.5. The lowest BCUT2D eigenvalue weighted by Crippen LogP contribution is -2.41. The third-order valence-corrected chi connectivity index (χ3v) is 5.69. The van der Waals surface area contributed by atoms with Crippen LogP contribution in [-0.2, 0) is 11.6 Å². The number of aromatic nitrogens is 2. The summed E-state index contributed by atoms with van der Waals surface area (Å²) < 4.78 is 41.4. The Balaban J connectivity index is 1.61. The molecule has 1 saturated carbocycles. The predicted molar refractivity (Wildman–Crippen MR) is 98.4 cm³/mol. The van der Waals surface area contributed by atoms with E-state index in [0.29, 0.717) is 12.4 Å². The fraction of sp³-hybridized carbons (Fsp3) is 0.316. The highest BCUT2D eigenvalue weighted by Crippen LogP contribution is 2.44. The molecule has 1 fully saturated rings. The van der Waals surface area contributed by atoms with E-state index in [4.69, 9.17) is 0 Å². The fourth-order valence-electron chi connectivity index (χ4n) is 3.53. The first-order chi connectivity index (χ1) is 12.4. The lowest BCUT2D eigenvalue weighted by Gasteiger charge is -2.43. The van der Waals surface area contributed by atoms with Crippen molar-refractivity contribution in [2.75, 3.05) is 11.9 Å². The summed E-state index contributed by atoms with van der Waals surface area (Å²) >= 11 is 3.46. The average molecular weight is 424 g/mol. The van der Waals surface area contributed by atoms with Gasteiger partial charge in [-0.15, -0.1) is 0 Å². The van der Waals surface area contributed by atoms with Crippen molar-refractivity contribution in [3.8, 4) is 0 Å². The van der Waals surface area contributed by atoms with Crippen LogP contribution >= 0.6 is 15.9 Å².